The SMILES string of the molecule is COc1cc2ccoc2cc1CC[NH3+].[Cl-]. The zero-order valence-electron chi connectivity index (χ0n) is 8.63. The molecular formula is C11H14ClNO2. The molecule has 1 aromatic heterocycles. The molecular weight excluding hydrogens is 214 g/mol. The zero-order valence-corrected chi connectivity index (χ0v) is 9.38. The van der Waals surface area contributed by atoms with Crippen LogP contribution in [0.1, 0.15) is 5.56 Å². The quantitative estimate of drug-likeness (QED) is 0.675. The number of hydrogen-bond acceptors (Lipinski definition) is 2. The topological polar surface area (TPSA) is 50.0 Å². The molecule has 2 aromatic rings. The average Bonchev–Trinajstić information content (AvgIpc) is 2.64. The molecule has 0 saturated heterocycles. The van der Waals surface area contributed by atoms with Gasteiger partial charge in [0.15, 0.2) is 0 Å². The number of rotatable bonds is 3. The van der Waals surface area contributed by atoms with E-state index in [9.17, 15) is 0 Å². The van der Waals surface area contributed by atoms with Crippen LogP contribution in [0.15, 0.2) is 28.9 Å². The molecule has 0 fully saturated rings. The first-order valence-corrected chi connectivity index (χ1v) is 4.68. The highest BCUT2D eigenvalue weighted by Crippen LogP contribution is 2.26. The molecule has 2 rings (SSSR count). The van der Waals surface area contributed by atoms with Gasteiger partial charge in [0, 0.05) is 17.4 Å². The van der Waals surface area contributed by atoms with Crippen molar-refractivity contribution in [1.82, 2.24) is 0 Å². The van der Waals surface area contributed by atoms with Crippen LogP contribution in [0.2, 0.25) is 0 Å². The van der Waals surface area contributed by atoms with Crippen molar-refractivity contribution >= 4 is 11.0 Å². The number of hydrogen-bond donors (Lipinski definition) is 1. The van der Waals surface area contributed by atoms with E-state index in [-0.39, 0.29) is 12.4 Å². The lowest BCUT2D eigenvalue weighted by atomic mass is 10.1. The van der Waals surface area contributed by atoms with Crippen LogP contribution in [0.5, 0.6) is 5.75 Å². The van der Waals surface area contributed by atoms with Crippen molar-refractivity contribution in [1.29, 1.82) is 0 Å². The second kappa shape index (κ2) is 5.05. The van der Waals surface area contributed by atoms with E-state index in [1.807, 2.05) is 18.2 Å². The minimum atomic E-state index is 0. The standard InChI is InChI=1S/C11H13NO2.ClH/c1-13-10-6-9-3-5-14-11(9)7-8(10)2-4-12;/h3,5-7H,2,4,12H2,1H3;1H. The molecule has 0 unspecified atom stereocenters. The average molecular weight is 228 g/mol. The Bertz CT molecular complexity index is 439. The van der Waals surface area contributed by atoms with Gasteiger partial charge in [0.2, 0.25) is 0 Å². The van der Waals surface area contributed by atoms with Gasteiger partial charge < -0.3 is 27.3 Å². The van der Waals surface area contributed by atoms with E-state index in [0.717, 1.165) is 35.2 Å². The number of halogens is 1. The van der Waals surface area contributed by atoms with Gasteiger partial charge in [-0.2, -0.15) is 0 Å². The van der Waals surface area contributed by atoms with Gasteiger partial charge in [-0.25, -0.2) is 0 Å². The number of quaternary nitrogens is 1. The van der Waals surface area contributed by atoms with Crippen LogP contribution in [0.3, 0.4) is 0 Å². The Labute approximate surface area is 94.6 Å². The van der Waals surface area contributed by atoms with Crippen LogP contribution in [-0.4, -0.2) is 13.7 Å². The largest absolute Gasteiger partial charge is 1.00 e. The van der Waals surface area contributed by atoms with E-state index in [2.05, 4.69) is 5.73 Å². The summed E-state index contributed by atoms with van der Waals surface area (Å²) in [5, 5.41) is 1.08. The van der Waals surface area contributed by atoms with Crippen LogP contribution >= 0.6 is 0 Å². The molecule has 0 amide bonds. The van der Waals surface area contributed by atoms with Crippen molar-refractivity contribution in [2.45, 2.75) is 6.42 Å². The molecule has 0 bridgehead atoms. The molecule has 3 N–H and O–H groups in total. The van der Waals surface area contributed by atoms with Crippen LogP contribution in [0.25, 0.3) is 11.0 Å². The Hall–Kier alpha value is -1.19. The molecule has 3 nitrogen and oxygen atoms in total. The summed E-state index contributed by atoms with van der Waals surface area (Å²) in [4.78, 5) is 0. The molecule has 0 aliphatic rings. The highest BCUT2D eigenvalue weighted by atomic mass is 35.5. The van der Waals surface area contributed by atoms with Gasteiger partial charge in [0.25, 0.3) is 0 Å². The monoisotopic (exact) mass is 227 g/mol. The lowest BCUT2D eigenvalue weighted by Gasteiger charge is -2.06. The van der Waals surface area contributed by atoms with Crippen molar-refractivity contribution in [2.75, 3.05) is 13.7 Å². The highest BCUT2D eigenvalue weighted by molar-refractivity contribution is 5.80. The molecule has 0 aliphatic heterocycles. The summed E-state index contributed by atoms with van der Waals surface area (Å²) in [5.41, 5.74) is 5.91. The maximum absolute atomic E-state index is 5.33. The van der Waals surface area contributed by atoms with Crippen molar-refractivity contribution < 1.29 is 27.3 Å². The van der Waals surface area contributed by atoms with Crippen LogP contribution in [0.4, 0.5) is 0 Å². The fourth-order valence-corrected chi connectivity index (χ4v) is 1.61. The summed E-state index contributed by atoms with van der Waals surface area (Å²) in [6, 6.07) is 5.97. The maximum Gasteiger partial charge on any atom is 0.134 e. The number of ether oxygens (including phenoxy) is 1. The van der Waals surface area contributed by atoms with Gasteiger partial charge in [-0.1, -0.05) is 0 Å². The predicted octanol–water partition coefficient (Wildman–Crippen LogP) is -1.77. The van der Waals surface area contributed by atoms with Crippen molar-refractivity contribution in [3.8, 4) is 5.75 Å². The molecule has 0 saturated carbocycles. The molecule has 1 aromatic carbocycles. The van der Waals surface area contributed by atoms with E-state index in [1.165, 1.54) is 0 Å². The first-order valence-electron chi connectivity index (χ1n) is 4.68. The summed E-state index contributed by atoms with van der Waals surface area (Å²) < 4.78 is 10.6. The third-order valence-corrected chi connectivity index (χ3v) is 2.30. The summed E-state index contributed by atoms with van der Waals surface area (Å²) in [6.07, 6.45) is 2.61. The zero-order chi connectivity index (χ0) is 9.97. The summed E-state index contributed by atoms with van der Waals surface area (Å²) >= 11 is 0. The second-order valence-electron chi connectivity index (χ2n) is 3.23. The summed E-state index contributed by atoms with van der Waals surface area (Å²) in [7, 11) is 1.69. The fourth-order valence-electron chi connectivity index (χ4n) is 1.61. The third-order valence-electron chi connectivity index (χ3n) is 2.30. The van der Waals surface area contributed by atoms with Gasteiger partial charge in [-0.3, -0.25) is 0 Å². The molecule has 0 spiro atoms. The van der Waals surface area contributed by atoms with Gasteiger partial charge in [0.1, 0.15) is 11.3 Å². The van der Waals surface area contributed by atoms with E-state index < -0.39 is 0 Å². The minimum Gasteiger partial charge on any atom is -1.00 e. The summed E-state index contributed by atoms with van der Waals surface area (Å²) in [6.45, 7) is 0.864. The normalized spacial score (nSPS) is 10.0. The van der Waals surface area contributed by atoms with Crippen molar-refractivity contribution in [3.63, 3.8) is 0 Å². The molecule has 0 aliphatic carbocycles. The Kier molecular flexibility index (Phi) is 4.00. The van der Waals surface area contributed by atoms with Crippen molar-refractivity contribution in [2.24, 2.45) is 0 Å². The van der Waals surface area contributed by atoms with Crippen molar-refractivity contribution in [3.05, 3.63) is 30.0 Å². The molecule has 4 heteroatoms. The lowest BCUT2D eigenvalue weighted by Crippen LogP contribution is -3.00. The first kappa shape index (κ1) is 11.9. The molecule has 1 heterocycles. The molecule has 0 atom stereocenters. The van der Waals surface area contributed by atoms with Gasteiger partial charge in [0.05, 0.1) is 19.9 Å². The summed E-state index contributed by atoms with van der Waals surface area (Å²) in [5.74, 6) is 0.919. The first-order chi connectivity index (χ1) is 6.85. The van der Waals surface area contributed by atoms with E-state index in [4.69, 9.17) is 9.15 Å². The molecule has 15 heavy (non-hydrogen) atoms. The minimum absolute atomic E-state index is 0. The third kappa shape index (κ3) is 2.25. The second-order valence-corrected chi connectivity index (χ2v) is 3.23. The molecule has 0 radical (unpaired) electrons. The van der Waals surface area contributed by atoms with E-state index >= 15 is 0 Å². The number of fused-ring (bicyclic) bond motifs is 1. The number of methoxy groups -OCH3 is 1. The number of furan rings is 1. The highest BCUT2D eigenvalue weighted by Gasteiger charge is 2.06. The van der Waals surface area contributed by atoms with Crippen LogP contribution in [-0.2, 0) is 6.42 Å². The Balaban J connectivity index is 0.00000112. The Morgan fingerprint density at radius 2 is 2.20 bits per heavy atom. The van der Waals surface area contributed by atoms with Gasteiger partial charge in [-0.15, -0.1) is 0 Å². The maximum atomic E-state index is 5.33. The van der Waals surface area contributed by atoms with E-state index in [0.29, 0.717) is 0 Å². The van der Waals surface area contributed by atoms with Crippen LogP contribution < -0.4 is 22.9 Å². The molecule has 82 valence electrons. The lowest BCUT2D eigenvalue weighted by molar-refractivity contribution is -0.366. The Morgan fingerprint density at radius 3 is 2.87 bits per heavy atom. The smallest absolute Gasteiger partial charge is 0.134 e. The van der Waals surface area contributed by atoms with Gasteiger partial charge >= 0.3 is 0 Å². The Morgan fingerprint density at radius 1 is 1.40 bits per heavy atom. The predicted molar refractivity (Wildman–Crippen MR) is 54.2 cm³/mol. The van der Waals surface area contributed by atoms with Gasteiger partial charge in [-0.05, 0) is 18.2 Å². The van der Waals surface area contributed by atoms with E-state index in [1.54, 1.807) is 13.4 Å². The van der Waals surface area contributed by atoms with Crippen LogP contribution in [0, 0.1) is 0 Å². The number of benzene rings is 1. The fraction of sp³-hybridized carbons (Fsp3) is 0.273.